The summed E-state index contributed by atoms with van der Waals surface area (Å²) in [6, 6.07) is 20.2. The highest BCUT2D eigenvalue weighted by Crippen LogP contribution is 2.55. The molecule has 0 unspecified atom stereocenters. The zero-order valence-electron chi connectivity index (χ0n) is 18.1. The van der Waals surface area contributed by atoms with Gasteiger partial charge in [0.1, 0.15) is 5.69 Å². The second-order valence-corrected chi connectivity index (χ2v) is 10.1. The van der Waals surface area contributed by atoms with Gasteiger partial charge >= 0.3 is 0 Å². The van der Waals surface area contributed by atoms with E-state index in [2.05, 4.69) is 5.32 Å². The van der Waals surface area contributed by atoms with E-state index >= 15 is 0 Å². The minimum atomic E-state index is -0.0128. The Kier molecular flexibility index (Phi) is 4.31. The number of nitrogens with one attached hydrogen (secondary N) is 1. The molecule has 4 saturated carbocycles. The average molecular weight is 412 g/mol. The number of para-hydroxylation sites is 1. The van der Waals surface area contributed by atoms with Crippen LogP contribution in [0.5, 0.6) is 0 Å². The van der Waals surface area contributed by atoms with Gasteiger partial charge in [0.05, 0.1) is 16.9 Å². The van der Waals surface area contributed by atoms with Crippen LogP contribution >= 0.6 is 0 Å². The second kappa shape index (κ2) is 7.08. The van der Waals surface area contributed by atoms with Gasteiger partial charge < -0.3 is 5.32 Å². The molecule has 0 radical (unpaired) electrons. The molecule has 2 aromatic carbocycles. The molecule has 1 amide bonds. The Morgan fingerprint density at radius 2 is 1.45 bits per heavy atom. The van der Waals surface area contributed by atoms with Crippen molar-refractivity contribution < 1.29 is 4.79 Å². The highest BCUT2D eigenvalue weighted by atomic mass is 16.1. The lowest BCUT2D eigenvalue weighted by molar-refractivity contribution is -0.0166. The molecule has 1 heterocycles. The molecule has 4 fully saturated rings. The molecule has 7 rings (SSSR count). The first kappa shape index (κ1) is 18.9. The summed E-state index contributed by atoms with van der Waals surface area (Å²) in [5.41, 5.74) is 4.32. The molecule has 1 aromatic heterocycles. The summed E-state index contributed by atoms with van der Waals surface area (Å²) in [6.45, 7) is 2.01. The van der Waals surface area contributed by atoms with Gasteiger partial charge in [-0.2, -0.15) is 5.10 Å². The smallest absolute Gasteiger partial charge is 0.255 e. The first-order chi connectivity index (χ1) is 15.1. The molecule has 4 bridgehead atoms. The van der Waals surface area contributed by atoms with Crippen LogP contribution < -0.4 is 5.32 Å². The summed E-state index contributed by atoms with van der Waals surface area (Å²) in [5.74, 6) is 2.44. The topological polar surface area (TPSA) is 46.9 Å². The maximum Gasteiger partial charge on any atom is 0.255 e. The monoisotopic (exact) mass is 411 g/mol. The third kappa shape index (κ3) is 3.20. The lowest BCUT2D eigenvalue weighted by atomic mass is 9.53. The molecule has 0 saturated heterocycles. The van der Waals surface area contributed by atoms with Crippen molar-refractivity contribution in [2.24, 2.45) is 17.8 Å². The molecule has 4 nitrogen and oxygen atoms in total. The number of carbonyl (C=O) groups is 1. The van der Waals surface area contributed by atoms with E-state index in [9.17, 15) is 4.79 Å². The molecule has 4 aliphatic rings. The van der Waals surface area contributed by atoms with Crippen molar-refractivity contribution in [2.45, 2.75) is 51.0 Å². The summed E-state index contributed by atoms with van der Waals surface area (Å²) in [5, 5.41) is 8.49. The normalized spacial score (nSPS) is 28.6. The first-order valence-electron chi connectivity index (χ1n) is 11.6. The van der Waals surface area contributed by atoms with Gasteiger partial charge in [0, 0.05) is 11.1 Å². The van der Waals surface area contributed by atoms with E-state index in [-0.39, 0.29) is 11.4 Å². The summed E-state index contributed by atoms with van der Waals surface area (Å²) < 4.78 is 1.91. The van der Waals surface area contributed by atoms with E-state index in [1.807, 2.05) is 72.3 Å². The van der Waals surface area contributed by atoms with Gasteiger partial charge in [-0.3, -0.25) is 4.79 Å². The number of carbonyl (C=O) groups excluding carboxylic acids is 1. The molecule has 4 heteroatoms. The lowest BCUT2D eigenvalue weighted by Gasteiger charge is -2.56. The molecular formula is C27H29N3O. The Morgan fingerprint density at radius 3 is 2.03 bits per heavy atom. The van der Waals surface area contributed by atoms with Crippen molar-refractivity contribution in [3.8, 4) is 16.9 Å². The fourth-order valence-electron chi connectivity index (χ4n) is 6.96. The standard InChI is InChI=1S/C27H29N3O/c1-18-24(26(31)28-27-15-19-12-20(16-27)14-21(13-19)17-27)25(22-8-4-2-5-9-22)29-30(18)23-10-6-3-7-11-23/h2-11,19-21H,12-17H2,1H3,(H,28,31). The van der Waals surface area contributed by atoms with Gasteiger partial charge in [-0.1, -0.05) is 48.5 Å². The van der Waals surface area contributed by atoms with Crippen LogP contribution in [-0.4, -0.2) is 21.2 Å². The molecule has 0 atom stereocenters. The first-order valence-corrected chi connectivity index (χ1v) is 11.6. The highest BCUT2D eigenvalue weighted by Gasteiger charge is 2.51. The molecule has 0 spiro atoms. The van der Waals surface area contributed by atoms with E-state index in [1.54, 1.807) is 0 Å². The SMILES string of the molecule is Cc1c(C(=O)NC23CC4CC(CC(C4)C2)C3)c(-c2ccccc2)nn1-c1ccccc1. The predicted molar refractivity (Wildman–Crippen MR) is 122 cm³/mol. The van der Waals surface area contributed by atoms with E-state index < -0.39 is 0 Å². The molecule has 0 aliphatic heterocycles. The van der Waals surface area contributed by atoms with Crippen molar-refractivity contribution in [3.63, 3.8) is 0 Å². The minimum Gasteiger partial charge on any atom is -0.346 e. The van der Waals surface area contributed by atoms with Crippen LogP contribution in [0, 0.1) is 24.7 Å². The van der Waals surface area contributed by atoms with Crippen molar-refractivity contribution in [3.05, 3.63) is 71.9 Å². The van der Waals surface area contributed by atoms with Gasteiger partial charge in [0.25, 0.3) is 5.91 Å². The summed E-state index contributed by atoms with van der Waals surface area (Å²) >= 11 is 0. The van der Waals surface area contributed by atoms with Crippen LogP contribution in [0.3, 0.4) is 0 Å². The van der Waals surface area contributed by atoms with Crippen molar-refractivity contribution >= 4 is 5.91 Å². The Morgan fingerprint density at radius 1 is 0.903 bits per heavy atom. The Balaban J connectivity index is 1.41. The Labute approximate surface area is 183 Å². The van der Waals surface area contributed by atoms with Gasteiger partial charge in [-0.25, -0.2) is 4.68 Å². The molecule has 31 heavy (non-hydrogen) atoms. The van der Waals surface area contributed by atoms with Crippen molar-refractivity contribution in [1.82, 2.24) is 15.1 Å². The number of hydrogen-bond donors (Lipinski definition) is 1. The average Bonchev–Trinajstić information content (AvgIpc) is 3.11. The van der Waals surface area contributed by atoms with Crippen LogP contribution in [0.15, 0.2) is 60.7 Å². The Bertz CT molecular complexity index is 1080. The van der Waals surface area contributed by atoms with Crippen LogP contribution in [0.25, 0.3) is 16.9 Å². The van der Waals surface area contributed by atoms with E-state index in [1.165, 1.54) is 19.3 Å². The number of amides is 1. The van der Waals surface area contributed by atoms with Gasteiger partial charge in [0.2, 0.25) is 0 Å². The van der Waals surface area contributed by atoms with Crippen molar-refractivity contribution in [2.75, 3.05) is 0 Å². The van der Waals surface area contributed by atoms with Gasteiger partial charge in [-0.05, 0) is 75.3 Å². The summed E-state index contributed by atoms with van der Waals surface area (Å²) in [6.07, 6.45) is 7.56. The van der Waals surface area contributed by atoms with Gasteiger partial charge in [-0.15, -0.1) is 0 Å². The maximum absolute atomic E-state index is 13.8. The number of benzene rings is 2. The molecular weight excluding hydrogens is 382 g/mol. The van der Waals surface area contributed by atoms with Crippen LogP contribution in [0.4, 0.5) is 0 Å². The zero-order chi connectivity index (χ0) is 21.0. The molecule has 4 aliphatic carbocycles. The predicted octanol–water partition coefficient (Wildman–Crippen LogP) is 5.55. The largest absolute Gasteiger partial charge is 0.346 e. The quantitative estimate of drug-likeness (QED) is 0.612. The number of aromatic nitrogens is 2. The molecule has 3 aromatic rings. The van der Waals surface area contributed by atoms with Crippen molar-refractivity contribution in [1.29, 1.82) is 0 Å². The zero-order valence-corrected chi connectivity index (χ0v) is 18.1. The second-order valence-electron chi connectivity index (χ2n) is 10.1. The summed E-state index contributed by atoms with van der Waals surface area (Å²) in [4.78, 5) is 13.8. The van der Waals surface area contributed by atoms with Crippen LogP contribution in [0.2, 0.25) is 0 Å². The fourth-order valence-corrected chi connectivity index (χ4v) is 6.96. The molecule has 1 N–H and O–H groups in total. The van der Waals surface area contributed by atoms with E-state index in [4.69, 9.17) is 5.10 Å². The number of rotatable bonds is 4. The molecule has 158 valence electrons. The summed E-state index contributed by atoms with van der Waals surface area (Å²) in [7, 11) is 0. The highest BCUT2D eigenvalue weighted by molar-refractivity contribution is 6.01. The number of hydrogen-bond acceptors (Lipinski definition) is 2. The lowest BCUT2D eigenvalue weighted by Crippen LogP contribution is -2.59. The third-order valence-corrected chi connectivity index (χ3v) is 7.81. The van der Waals surface area contributed by atoms with Crippen LogP contribution in [0.1, 0.15) is 54.6 Å². The maximum atomic E-state index is 13.8. The fraction of sp³-hybridized carbons (Fsp3) is 0.407. The Hall–Kier alpha value is -2.88. The third-order valence-electron chi connectivity index (χ3n) is 7.81. The number of nitrogens with zero attached hydrogens (tertiary/aromatic N) is 2. The minimum absolute atomic E-state index is 0.0128. The van der Waals surface area contributed by atoms with E-state index in [0.29, 0.717) is 5.56 Å². The van der Waals surface area contributed by atoms with Crippen LogP contribution in [-0.2, 0) is 0 Å². The van der Waals surface area contributed by atoms with Gasteiger partial charge in [0.15, 0.2) is 0 Å². The van der Waals surface area contributed by atoms with E-state index in [0.717, 1.165) is 59.7 Å².